The number of carbonyl (C=O) groups excluding carboxylic acids is 2. The molecular formula is C17H21NO2S. The van der Waals surface area contributed by atoms with E-state index in [4.69, 9.17) is 0 Å². The van der Waals surface area contributed by atoms with Crippen LogP contribution in [-0.4, -0.2) is 29.0 Å². The number of amides is 2. The fraction of sp³-hybridized carbons (Fsp3) is 0.412. The standard InChI is InChI=1S/C17H21NO2S/c1-3-5-9-12-18-16(19)14(13-10-7-6-8-11-13)15(17(18)20)21-4-2/h6-8,10-11H,3-5,9,12H2,1-2H3. The summed E-state index contributed by atoms with van der Waals surface area (Å²) in [6, 6.07) is 9.50. The highest BCUT2D eigenvalue weighted by Gasteiger charge is 2.38. The Morgan fingerprint density at radius 2 is 1.71 bits per heavy atom. The van der Waals surface area contributed by atoms with E-state index in [1.165, 1.54) is 16.7 Å². The van der Waals surface area contributed by atoms with E-state index >= 15 is 0 Å². The molecule has 0 bridgehead atoms. The van der Waals surface area contributed by atoms with Gasteiger partial charge in [0.05, 0.1) is 10.5 Å². The van der Waals surface area contributed by atoms with Crippen molar-refractivity contribution in [3.05, 3.63) is 40.8 Å². The molecule has 0 N–H and O–H groups in total. The molecule has 2 rings (SSSR count). The van der Waals surface area contributed by atoms with Gasteiger partial charge in [-0.1, -0.05) is 57.0 Å². The summed E-state index contributed by atoms with van der Waals surface area (Å²) in [6.07, 6.45) is 2.99. The van der Waals surface area contributed by atoms with Gasteiger partial charge in [-0.2, -0.15) is 0 Å². The number of thioether (sulfide) groups is 1. The fourth-order valence-electron chi connectivity index (χ4n) is 2.41. The molecule has 1 aromatic rings. The van der Waals surface area contributed by atoms with Gasteiger partial charge in [-0.15, -0.1) is 11.8 Å². The Labute approximate surface area is 130 Å². The lowest BCUT2D eigenvalue weighted by atomic mass is 10.1. The maximum Gasteiger partial charge on any atom is 0.267 e. The van der Waals surface area contributed by atoms with Gasteiger partial charge in [0.2, 0.25) is 0 Å². The molecule has 0 unspecified atom stereocenters. The normalized spacial score (nSPS) is 15.2. The zero-order valence-electron chi connectivity index (χ0n) is 12.6. The molecule has 0 saturated heterocycles. The Morgan fingerprint density at radius 1 is 1.00 bits per heavy atom. The molecule has 0 saturated carbocycles. The quantitative estimate of drug-likeness (QED) is 0.569. The maximum absolute atomic E-state index is 12.6. The molecule has 1 heterocycles. The van der Waals surface area contributed by atoms with Gasteiger partial charge in [-0.25, -0.2) is 0 Å². The lowest BCUT2D eigenvalue weighted by molar-refractivity contribution is -0.136. The molecule has 21 heavy (non-hydrogen) atoms. The van der Waals surface area contributed by atoms with E-state index < -0.39 is 0 Å². The zero-order chi connectivity index (χ0) is 15.2. The third-order valence-electron chi connectivity index (χ3n) is 3.46. The first kappa shape index (κ1) is 15.8. The van der Waals surface area contributed by atoms with E-state index in [2.05, 4.69) is 6.92 Å². The van der Waals surface area contributed by atoms with Gasteiger partial charge in [-0.05, 0) is 17.7 Å². The Hall–Kier alpha value is -1.55. The molecule has 4 heteroatoms. The lowest BCUT2D eigenvalue weighted by Gasteiger charge is -2.14. The van der Waals surface area contributed by atoms with Crippen LogP contribution < -0.4 is 0 Å². The molecule has 1 aliphatic heterocycles. The number of carbonyl (C=O) groups is 2. The number of nitrogens with zero attached hydrogens (tertiary/aromatic N) is 1. The van der Waals surface area contributed by atoms with Crippen LogP contribution in [-0.2, 0) is 9.59 Å². The first-order valence-electron chi connectivity index (χ1n) is 7.49. The van der Waals surface area contributed by atoms with E-state index in [0.717, 1.165) is 30.6 Å². The van der Waals surface area contributed by atoms with Crippen molar-refractivity contribution < 1.29 is 9.59 Å². The number of hydrogen-bond donors (Lipinski definition) is 0. The molecule has 0 atom stereocenters. The predicted octanol–water partition coefficient (Wildman–Crippen LogP) is 3.71. The highest BCUT2D eigenvalue weighted by atomic mass is 32.2. The average molecular weight is 303 g/mol. The molecule has 1 aromatic carbocycles. The summed E-state index contributed by atoms with van der Waals surface area (Å²) in [5.74, 6) is 0.521. The van der Waals surface area contributed by atoms with Gasteiger partial charge < -0.3 is 0 Å². The van der Waals surface area contributed by atoms with Crippen molar-refractivity contribution in [2.24, 2.45) is 0 Å². The molecule has 3 nitrogen and oxygen atoms in total. The minimum Gasteiger partial charge on any atom is -0.274 e. The van der Waals surface area contributed by atoms with Crippen LogP contribution in [0.25, 0.3) is 5.57 Å². The first-order chi connectivity index (χ1) is 10.2. The van der Waals surface area contributed by atoms with E-state index in [0.29, 0.717) is 17.0 Å². The summed E-state index contributed by atoms with van der Waals surface area (Å²) >= 11 is 1.46. The molecule has 0 fully saturated rings. The van der Waals surface area contributed by atoms with Crippen LogP contribution in [0.4, 0.5) is 0 Å². The Kier molecular flexibility index (Phi) is 5.62. The van der Waals surface area contributed by atoms with Crippen molar-refractivity contribution >= 4 is 29.1 Å². The van der Waals surface area contributed by atoms with Crippen molar-refractivity contribution in [3.8, 4) is 0 Å². The number of rotatable bonds is 7. The molecule has 112 valence electrons. The second kappa shape index (κ2) is 7.46. The topological polar surface area (TPSA) is 37.4 Å². The third-order valence-corrected chi connectivity index (χ3v) is 4.42. The molecule has 2 amide bonds. The SMILES string of the molecule is CCCCCN1C(=O)C(SCC)=C(c2ccccc2)C1=O. The van der Waals surface area contributed by atoms with Gasteiger partial charge in [0.25, 0.3) is 11.8 Å². The number of benzene rings is 1. The summed E-state index contributed by atoms with van der Waals surface area (Å²) in [4.78, 5) is 27.2. The number of hydrogen-bond acceptors (Lipinski definition) is 3. The molecular weight excluding hydrogens is 282 g/mol. The Bertz CT molecular complexity index is 551. The third kappa shape index (κ3) is 3.38. The molecule has 1 aliphatic rings. The monoisotopic (exact) mass is 303 g/mol. The van der Waals surface area contributed by atoms with E-state index in [-0.39, 0.29) is 11.8 Å². The van der Waals surface area contributed by atoms with E-state index in [9.17, 15) is 9.59 Å². The van der Waals surface area contributed by atoms with Crippen LogP contribution >= 0.6 is 11.8 Å². The summed E-state index contributed by atoms with van der Waals surface area (Å²) in [7, 11) is 0. The summed E-state index contributed by atoms with van der Waals surface area (Å²) in [5, 5.41) is 0. The van der Waals surface area contributed by atoms with Gasteiger partial charge >= 0.3 is 0 Å². The smallest absolute Gasteiger partial charge is 0.267 e. The number of imide groups is 1. The first-order valence-corrected chi connectivity index (χ1v) is 8.47. The van der Waals surface area contributed by atoms with Gasteiger partial charge in [-0.3, -0.25) is 14.5 Å². The molecule has 0 radical (unpaired) electrons. The van der Waals surface area contributed by atoms with Crippen LogP contribution in [0.1, 0.15) is 38.7 Å². The van der Waals surface area contributed by atoms with Crippen molar-refractivity contribution in [3.63, 3.8) is 0 Å². The van der Waals surface area contributed by atoms with Gasteiger partial charge in [0, 0.05) is 6.54 Å². The summed E-state index contributed by atoms with van der Waals surface area (Å²) in [6.45, 7) is 4.63. The minimum absolute atomic E-state index is 0.123. The largest absolute Gasteiger partial charge is 0.274 e. The average Bonchev–Trinajstić information content (AvgIpc) is 2.73. The number of unbranched alkanes of at least 4 members (excludes halogenated alkanes) is 2. The fourth-order valence-corrected chi connectivity index (χ4v) is 3.29. The highest BCUT2D eigenvalue weighted by Crippen LogP contribution is 2.35. The van der Waals surface area contributed by atoms with Crippen molar-refractivity contribution in [2.45, 2.75) is 33.1 Å². The zero-order valence-corrected chi connectivity index (χ0v) is 13.4. The van der Waals surface area contributed by atoms with Crippen LogP contribution in [0.15, 0.2) is 35.2 Å². The van der Waals surface area contributed by atoms with Gasteiger partial charge in [0.1, 0.15) is 0 Å². The van der Waals surface area contributed by atoms with Crippen LogP contribution in [0.5, 0.6) is 0 Å². The molecule has 0 aliphatic carbocycles. The highest BCUT2D eigenvalue weighted by molar-refractivity contribution is 8.04. The second-order valence-corrected chi connectivity index (χ2v) is 6.25. The lowest BCUT2D eigenvalue weighted by Crippen LogP contribution is -2.32. The van der Waals surface area contributed by atoms with Crippen molar-refractivity contribution in [1.29, 1.82) is 0 Å². The van der Waals surface area contributed by atoms with Gasteiger partial charge in [0.15, 0.2) is 0 Å². The second-order valence-electron chi connectivity index (χ2n) is 4.97. The van der Waals surface area contributed by atoms with Crippen molar-refractivity contribution in [2.75, 3.05) is 12.3 Å². The maximum atomic E-state index is 12.6. The Morgan fingerprint density at radius 3 is 2.33 bits per heavy atom. The summed E-state index contributed by atoms with van der Waals surface area (Å²) in [5.41, 5.74) is 1.41. The van der Waals surface area contributed by atoms with E-state index in [1.807, 2.05) is 37.3 Å². The molecule has 0 spiro atoms. The predicted molar refractivity (Wildman–Crippen MR) is 87.7 cm³/mol. The summed E-state index contributed by atoms with van der Waals surface area (Å²) < 4.78 is 0. The van der Waals surface area contributed by atoms with Crippen LogP contribution in [0.3, 0.4) is 0 Å². The van der Waals surface area contributed by atoms with E-state index in [1.54, 1.807) is 0 Å². The van der Waals surface area contributed by atoms with Crippen LogP contribution in [0, 0.1) is 0 Å². The molecule has 0 aromatic heterocycles. The Balaban J connectivity index is 2.30. The minimum atomic E-state index is -0.141. The van der Waals surface area contributed by atoms with Crippen molar-refractivity contribution in [1.82, 2.24) is 4.90 Å². The van der Waals surface area contributed by atoms with Crippen LogP contribution in [0.2, 0.25) is 0 Å².